The number of nitrogens with zero attached hydrogens (tertiary/aromatic N) is 2. The Balaban J connectivity index is 2.26. The third-order valence-electron chi connectivity index (χ3n) is 4.52. The average molecular weight is 474 g/mol. The first-order chi connectivity index (χ1) is 14.5. The fraction of sp³-hybridized carbons (Fsp3) is 0.238. The second kappa shape index (κ2) is 8.97. The van der Waals surface area contributed by atoms with Gasteiger partial charge in [-0.05, 0) is 22.0 Å². The average Bonchev–Trinajstić information content (AvgIpc) is 2.78. The summed E-state index contributed by atoms with van der Waals surface area (Å²) in [7, 11) is 7.71. The van der Waals surface area contributed by atoms with Crippen molar-refractivity contribution in [1.29, 1.82) is 5.26 Å². The molecule has 1 N–H and O–H groups in total. The van der Waals surface area contributed by atoms with Crippen molar-refractivity contribution in [2.45, 2.75) is 0 Å². The van der Waals surface area contributed by atoms with Crippen molar-refractivity contribution in [3.8, 4) is 34.8 Å². The van der Waals surface area contributed by atoms with Gasteiger partial charge in [-0.2, -0.15) is 5.26 Å². The molecular weight excluding hydrogens is 454 g/mol. The number of hydrogen-bond acceptors (Lipinski definition) is 8. The van der Waals surface area contributed by atoms with Crippen molar-refractivity contribution >= 4 is 38.2 Å². The molecule has 0 atom stereocenters. The Labute approximate surface area is 182 Å². The summed E-state index contributed by atoms with van der Waals surface area (Å²) in [5.41, 5.74) is 2.16. The highest BCUT2D eigenvalue weighted by Crippen LogP contribution is 2.48. The lowest BCUT2D eigenvalue weighted by Gasteiger charge is -2.19. The topological polar surface area (TPSA) is 94.9 Å². The van der Waals surface area contributed by atoms with E-state index < -0.39 is 0 Å². The summed E-state index contributed by atoms with van der Waals surface area (Å²) in [5.74, 6) is 2.44. The van der Waals surface area contributed by atoms with E-state index in [1.54, 1.807) is 32.4 Å². The molecule has 8 nitrogen and oxygen atoms in total. The van der Waals surface area contributed by atoms with Crippen LogP contribution in [0.2, 0.25) is 0 Å². The zero-order chi connectivity index (χ0) is 21.8. The first-order valence-electron chi connectivity index (χ1n) is 8.73. The van der Waals surface area contributed by atoms with Crippen LogP contribution in [0.3, 0.4) is 0 Å². The summed E-state index contributed by atoms with van der Waals surface area (Å²) in [5, 5.41) is 13.7. The number of nitriles is 1. The third-order valence-corrected chi connectivity index (χ3v) is 5.31. The molecule has 0 fully saturated rings. The zero-order valence-corrected chi connectivity index (χ0v) is 18.7. The van der Waals surface area contributed by atoms with Crippen molar-refractivity contribution < 1.29 is 23.7 Å². The summed E-state index contributed by atoms with van der Waals surface area (Å²) >= 11 is 3.55. The monoisotopic (exact) mass is 473 g/mol. The summed E-state index contributed by atoms with van der Waals surface area (Å²) in [4.78, 5) is 4.38. The molecule has 0 aliphatic rings. The van der Waals surface area contributed by atoms with Crippen LogP contribution in [0.25, 0.3) is 10.9 Å². The van der Waals surface area contributed by atoms with Gasteiger partial charge in [0.2, 0.25) is 5.75 Å². The minimum atomic E-state index is 0.357. The van der Waals surface area contributed by atoms with Gasteiger partial charge in [0.05, 0.1) is 62.5 Å². The van der Waals surface area contributed by atoms with E-state index in [-0.39, 0.29) is 0 Å². The Bertz CT molecular complexity index is 1140. The van der Waals surface area contributed by atoms with Gasteiger partial charge < -0.3 is 29.0 Å². The van der Waals surface area contributed by atoms with E-state index in [1.807, 2.05) is 0 Å². The highest BCUT2D eigenvalue weighted by atomic mass is 79.9. The van der Waals surface area contributed by atoms with Crippen molar-refractivity contribution in [3.63, 3.8) is 0 Å². The van der Waals surface area contributed by atoms with Gasteiger partial charge in [-0.25, -0.2) is 0 Å². The van der Waals surface area contributed by atoms with E-state index in [1.165, 1.54) is 27.5 Å². The maximum absolute atomic E-state index is 9.67. The van der Waals surface area contributed by atoms with Gasteiger partial charge in [-0.3, -0.25) is 4.98 Å². The number of hydrogen-bond donors (Lipinski definition) is 1. The van der Waals surface area contributed by atoms with Gasteiger partial charge in [0.1, 0.15) is 6.07 Å². The standard InChI is InChI=1S/C21H20BrN3O5/c1-26-15-6-12-13(7-16(15)27-2)24-10-11(9-23)19(12)25-14-8-17(28-3)20(29-4)21(30-5)18(14)22/h6-8,10H,1-5H3,(H,24,25). The Morgan fingerprint density at radius 3 is 2.07 bits per heavy atom. The first kappa shape index (κ1) is 21.3. The van der Waals surface area contributed by atoms with Crippen molar-refractivity contribution in [2.75, 3.05) is 40.9 Å². The summed E-state index contributed by atoms with van der Waals surface area (Å²) < 4.78 is 27.7. The van der Waals surface area contributed by atoms with Crippen molar-refractivity contribution in [3.05, 3.63) is 34.4 Å². The molecule has 1 aromatic heterocycles. The van der Waals surface area contributed by atoms with E-state index in [4.69, 9.17) is 23.7 Å². The molecule has 0 amide bonds. The third kappa shape index (κ3) is 3.62. The fourth-order valence-electron chi connectivity index (χ4n) is 3.09. The Hall–Kier alpha value is -3.38. The molecule has 30 heavy (non-hydrogen) atoms. The summed E-state index contributed by atoms with van der Waals surface area (Å²) in [6, 6.07) is 7.45. The summed E-state index contributed by atoms with van der Waals surface area (Å²) in [6.45, 7) is 0. The molecule has 0 aliphatic carbocycles. The van der Waals surface area contributed by atoms with E-state index in [0.717, 1.165) is 0 Å². The number of anilines is 2. The highest BCUT2D eigenvalue weighted by molar-refractivity contribution is 9.10. The second-order valence-electron chi connectivity index (χ2n) is 6.01. The van der Waals surface area contributed by atoms with Crippen LogP contribution in [0, 0.1) is 11.3 Å². The van der Waals surface area contributed by atoms with Crippen molar-refractivity contribution in [1.82, 2.24) is 4.98 Å². The van der Waals surface area contributed by atoms with Gasteiger partial charge in [-0.15, -0.1) is 0 Å². The van der Waals surface area contributed by atoms with E-state index >= 15 is 0 Å². The lowest BCUT2D eigenvalue weighted by molar-refractivity contribution is 0.323. The molecule has 0 saturated heterocycles. The molecule has 3 aromatic rings. The van der Waals surface area contributed by atoms with E-state index in [0.29, 0.717) is 61.1 Å². The Morgan fingerprint density at radius 1 is 0.867 bits per heavy atom. The van der Waals surface area contributed by atoms with Gasteiger partial charge in [-0.1, -0.05) is 0 Å². The van der Waals surface area contributed by atoms with E-state index in [9.17, 15) is 5.26 Å². The summed E-state index contributed by atoms with van der Waals surface area (Å²) in [6.07, 6.45) is 1.50. The molecule has 0 bridgehead atoms. The number of pyridine rings is 1. The zero-order valence-electron chi connectivity index (χ0n) is 17.1. The van der Waals surface area contributed by atoms with Crippen LogP contribution in [-0.4, -0.2) is 40.5 Å². The second-order valence-corrected chi connectivity index (χ2v) is 6.81. The molecule has 2 aromatic carbocycles. The molecule has 0 saturated carbocycles. The smallest absolute Gasteiger partial charge is 0.204 e. The SMILES string of the molecule is COc1cc2ncc(C#N)c(Nc3cc(OC)c(OC)c(OC)c3Br)c2cc1OC. The first-order valence-corrected chi connectivity index (χ1v) is 9.52. The minimum Gasteiger partial charge on any atom is -0.493 e. The van der Waals surface area contributed by atoms with Gasteiger partial charge in [0, 0.05) is 23.7 Å². The largest absolute Gasteiger partial charge is 0.493 e. The molecule has 0 radical (unpaired) electrons. The number of nitrogens with one attached hydrogen (secondary N) is 1. The van der Waals surface area contributed by atoms with Crippen LogP contribution in [0.5, 0.6) is 28.7 Å². The van der Waals surface area contributed by atoms with Crippen LogP contribution in [0.15, 0.2) is 28.9 Å². The van der Waals surface area contributed by atoms with Crippen LogP contribution in [-0.2, 0) is 0 Å². The number of ether oxygens (including phenoxy) is 5. The molecule has 0 aliphatic heterocycles. The lowest BCUT2D eigenvalue weighted by Crippen LogP contribution is -2.02. The molecular formula is C21H20BrN3O5. The molecule has 3 rings (SSSR count). The minimum absolute atomic E-state index is 0.357. The van der Waals surface area contributed by atoms with Gasteiger partial charge in [0.25, 0.3) is 0 Å². The number of halogens is 1. The van der Waals surface area contributed by atoms with Gasteiger partial charge >= 0.3 is 0 Å². The number of aromatic nitrogens is 1. The molecule has 0 unspecified atom stereocenters. The van der Waals surface area contributed by atoms with Crippen molar-refractivity contribution in [2.24, 2.45) is 0 Å². The Kier molecular flexibility index (Phi) is 6.37. The van der Waals surface area contributed by atoms with Crippen LogP contribution in [0.1, 0.15) is 5.56 Å². The molecule has 1 heterocycles. The van der Waals surface area contributed by atoms with Crippen LogP contribution in [0.4, 0.5) is 11.4 Å². The number of fused-ring (bicyclic) bond motifs is 1. The predicted molar refractivity (Wildman–Crippen MR) is 117 cm³/mol. The number of benzene rings is 2. The number of methoxy groups -OCH3 is 5. The highest BCUT2D eigenvalue weighted by Gasteiger charge is 2.21. The van der Waals surface area contributed by atoms with Gasteiger partial charge in [0.15, 0.2) is 23.0 Å². The maximum atomic E-state index is 9.67. The van der Waals surface area contributed by atoms with E-state index in [2.05, 4.69) is 32.3 Å². The van der Waals surface area contributed by atoms with Crippen LogP contribution < -0.4 is 29.0 Å². The molecule has 0 spiro atoms. The maximum Gasteiger partial charge on any atom is 0.204 e. The lowest BCUT2D eigenvalue weighted by atomic mass is 10.1. The number of rotatable bonds is 7. The quantitative estimate of drug-likeness (QED) is 0.529. The van der Waals surface area contributed by atoms with Crippen LogP contribution >= 0.6 is 15.9 Å². The Morgan fingerprint density at radius 2 is 1.50 bits per heavy atom. The fourth-order valence-corrected chi connectivity index (χ4v) is 3.64. The predicted octanol–water partition coefficient (Wildman–Crippen LogP) is 4.66. The normalized spacial score (nSPS) is 10.3. The molecule has 156 valence electrons. The molecule has 9 heteroatoms.